The Balaban J connectivity index is 0.00000256. The smallest absolute Gasteiger partial charge is 0.744 e. The van der Waals surface area contributed by atoms with Crippen LogP contribution in [0.3, 0.4) is 0 Å². The van der Waals surface area contributed by atoms with Crippen LogP contribution in [0.2, 0.25) is 0 Å². The van der Waals surface area contributed by atoms with E-state index in [0.29, 0.717) is 10.8 Å². The van der Waals surface area contributed by atoms with Crippen molar-refractivity contribution < 1.29 is 25.9 Å². The first-order valence-corrected chi connectivity index (χ1v) is 11.4. The van der Waals surface area contributed by atoms with E-state index in [4.69, 9.17) is 0 Å². The fourth-order valence-corrected chi connectivity index (χ4v) is 5.48. The zero-order valence-electron chi connectivity index (χ0n) is 15.6. The zero-order chi connectivity index (χ0) is 20.8. The van der Waals surface area contributed by atoms with Gasteiger partial charge in [0, 0.05) is 0 Å². The number of benzene rings is 4. The molecule has 0 saturated heterocycles. The monoisotopic (exact) mass is 466 g/mol. The fourth-order valence-electron chi connectivity index (χ4n) is 3.65. The Morgan fingerprint density at radius 2 is 0.933 bits per heavy atom. The van der Waals surface area contributed by atoms with Gasteiger partial charge in [-0.1, -0.05) is 72.8 Å². The van der Waals surface area contributed by atoms with Crippen molar-refractivity contribution in [1.29, 1.82) is 0 Å². The predicted octanol–water partition coefficient (Wildman–Crippen LogP) is 3.01. The molecule has 0 aliphatic carbocycles. The van der Waals surface area contributed by atoms with E-state index in [1.54, 1.807) is 48.5 Å². The van der Waals surface area contributed by atoms with E-state index in [2.05, 4.69) is 0 Å². The molecule has 4 aromatic rings. The first-order chi connectivity index (χ1) is 13.7. The summed E-state index contributed by atoms with van der Waals surface area (Å²) in [5, 5.41) is 1.65. The van der Waals surface area contributed by atoms with E-state index >= 15 is 0 Å². The maximum atomic E-state index is 12.0. The summed E-state index contributed by atoms with van der Waals surface area (Å²) in [6, 6.07) is 19.3. The van der Waals surface area contributed by atoms with Crippen LogP contribution in [0.25, 0.3) is 21.5 Å². The van der Waals surface area contributed by atoms with Crippen molar-refractivity contribution >= 4 is 79.5 Å². The van der Waals surface area contributed by atoms with Gasteiger partial charge in [-0.15, -0.1) is 0 Å². The minimum Gasteiger partial charge on any atom is -0.744 e. The Bertz CT molecular complexity index is 1370. The van der Waals surface area contributed by atoms with Crippen LogP contribution in [0, 0.1) is 0 Å². The number of fused-ring (bicyclic) bond motifs is 2. The van der Waals surface area contributed by atoms with Gasteiger partial charge in [-0.25, -0.2) is 16.8 Å². The Morgan fingerprint density at radius 1 is 0.567 bits per heavy atom. The van der Waals surface area contributed by atoms with Gasteiger partial charge in [0.15, 0.2) is 0 Å². The second kappa shape index (κ2) is 8.55. The summed E-state index contributed by atoms with van der Waals surface area (Å²) in [6.07, 6.45) is -0.191. The molecular weight excluding hydrogens is 452 g/mol. The van der Waals surface area contributed by atoms with Crippen LogP contribution in [0.15, 0.2) is 82.6 Å². The van der Waals surface area contributed by atoms with E-state index in [0.717, 1.165) is 0 Å². The SMILES string of the molecule is O=S(=O)([O-])c1c(Cc2ccc3ccccc3c2S(=O)(=O)[O-])ccc2ccccc12.[Ca+2]. The van der Waals surface area contributed by atoms with Crippen LogP contribution in [-0.4, -0.2) is 63.7 Å². The topological polar surface area (TPSA) is 114 Å². The van der Waals surface area contributed by atoms with Crippen molar-refractivity contribution in [2.75, 3.05) is 0 Å². The van der Waals surface area contributed by atoms with Crippen LogP contribution in [0.5, 0.6) is 0 Å². The molecule has 0 fully saturated rings. The summed E-state index contributed by atoms with van der Waals surface area (Å²) in [4.78, 5) is -0.809. The molecule has 148 valence electrons. The minimum atomic E-state index is -4.85. The maximum Gasteiger partial charge on any atom is 2.00 e. The second-order valence-electron chi connectivity index (χ2n) is 6.63. The normalized spacial score (nSPS) is 12.1. The third kappa shape index (κ3) is 4.40. The van der Waals surface area contributed by atoms with E-state index in [1.807, 2.05) is 0 Å². The number of rotatable bonds is 4. The summed E-state index contributed by atoms with van der Waals surface area (Å²) < 4.78 is 72.1. The summed E-state index contributed by atoms with van der Waals surface area (Å²) in [5.74, 6) is 0. The van der Waals surface area contributed by atoms with Gasteiger partial charge in [0.05, 0.1) is 9.79 Å². The number of hydrogen-bond acceptors (Lipinski definition) is 6. The molecule has 0 saturated carbocycles. The summed E-state index contributed by atoms with van der Waals surface area (Å²) in [5.41, 5.74) is 0.276. The van der Waals surface area contributed by atoms with Crippen molar-refractivity contribution in [2.24, 2.45) is 0 Å². The van der Waals surface area contributed by atoms with Gasteiger partial charge in [0.1, 0.15) is 20.2 Å². The van der Waals surface area contributed by atoms with Gasteiger partial charge < -0.3 is 9.11 Å². The predicted molar refractivity (Wildman–Crippen MR) is 112 cm³/mol. The zero-order valence-corrected chi connectivity index (χ0v) is 19.4. The van der Waals surface area contributed by atoms with E-state index in [9.17, 15) is 25.9 Å². The molecule has 4 rings (SSSR count). The molecule has 0 spiro atoms. The van der Waals surface area contributed by atoms with Crippen LogP contribution in [-0.2, 0) is 26.7 Å². The van der Waals surface area contributed by atoms with Crippen LogP contribution in [0.4, 0.5) is 0 Å². The van der Waals surface area contributed by atoms with Crippen molar-refractivity contribution in [3.05, 3.63) is 83.9 Å². The van der Waals surface area contributed by atoms with Gasteiger partial charge in [-0.3, -0.25) is 0 Å². The molecule has 0 heterocycles. The molecule has 0 radical (unpaired) electrons. The average molecular weight is 467 g/mol. The van der Waals surface area contributed by atoms with Gasteiger partial charge in [-0.05, 0) is 39.1 Å². The molecule has 4 aromatic carbocycles. The Labute approximate surface area is 204 Å². The third-order valence-corrected chi connectivity index (χ3v) is 6.77. The molecule has 0 aliphatic heterocycles. The van der Waals surface area contributed by atoms with Crippen molar-refractivity contribution in [3.8, 4) is 0 Å². The first-order valence-electron chi connectivity index (χ1n) is 8.59. The quantitative estimate of drug-likeness (QED) is 0.337. The summed E-state index contributed by atoms with van der Waals surface area (Å²) >= 11 is 0. The molecule has 30 heavy (non-hydrogen) atoms. The molecule has 0 N–H and O–H groups in total. The Hall–Kier alpha value is -1.52. The molecule has 0 aromatic heterocycles. The van der Waals surface area contributed by atoms with Crippen molar-refractivity contribution in [2.45, 2.75) is 16.2 Å². The summed E-state index contributed by atoms with van der Waals surface area (Å²) in [7, 11) is -9.70. The first kappa shape index (κ1) is 23.1. The molecule has 9 heteroatoms. The summed E-state index contributed by atoms with van der Waals surface area (Å²) in [6.45, 7) is 0. The van der Waals surface area contributed by atoms with E-state index < -0.39 is 30.0 Å². The van der Waals surface area contributed by atoms with Crippen molar-refractivity contribution in [3.63, 3.8) is 0 Å². The van der Waals surface area contributed by atoms with Gasteiger partial charge >= 0.3 is 37.7 Å². The minimum absolute atomic E-state index is 0. The molecule has 0 bridgehead atoms. The van der Waals surface area contributed by atoms with Crippen LogP contribution in [0.1, 0.15) is 11.1 Å². The van der Waals surface area contributed by atoms with Gasteiger partial charge in [-0.2, -0.15) is 0 Å². The Kier molecular flexibility index (Phi) is 6.60. The van der Waals surface area contributed by atoms with Gasteiger partial charge in [0.2, 0.25) is 0 Å². The Morgan fingerprint density at radius 3 is 1.30 bits per heavy atom. The van der Waals surface area contributed by atoms with Crippen LogP contribution < -0.4 is 0 Å². The standard InChI is InChI=1S/C21H16O6S2.Ca/c22-28(23,24)20-16(11-9-14-5-1-3-7-18(14)20)13-17-12-10-15-6-2-4-8-19(15)21(17)29(25,26)27;/h1-12H,13H2,(H,22,23,24)(H,25,26,27);/q;+2/p-2. The maximum absolute atomic E-state index is 12.0. The third-order valence-electron chi connectivity index (χ3n) is 4.80. The van der Waals surface area contributed by atoms with E-state index in [-0.39, 0.29) is 66.1 Å². The molecule has 0 atom stereocenters. The van der Waals surface area contributed by atoms with E-state index in [1.165, 1.54) is 24.3 Å². The second-order valence-corrected chi connectivity index (χ2v) is 9.27. The molecule has 0 unspecified atom stereocenters. The van der Waals surface area contributed by atoms with Crippen molar-refractivity contribution in [1.82, 2.24) is 0 Å². The molecule has 6 nitrogen and oxygen atoms in total. The number of hydrogen-bond donors (Lipinski definition) is 0. The molecular formula is C21H14CaO6S2. The largest absolute Gasteiger partial charge is 2.00 e. The van der Waals surface area contributed by atoms with Gasteiger partial charge in [0.25, 0.3) is 0 Å². The fraction of sp³-hybridized carbons (Fsp3) is 0.0476. The average Bonchev–Trinajstić information content (AvgIpc) is 2.65. The molecule has 0 amide bonds. The van der Waals surface area contributed by atoms with Crippen LogP contribution >= 0.6 is 0 Å². The molecule has 0 aliphatic rings.